The number of ether oxygens (including phenoxy) is 2. The van der Waals surface area contributed by atoms with Crippen molar-refractivity contribution >= 4 is 11.8 Å². The highest BCUT2D eigenvalue weighted by Gasteiger charge is 2.49. The molecule has 6 nitrogen and oxygen atoms in total. The first-order valence-corrected chi connectivity index (χ1v) is 9.05. The lowest BCUT2D eigenvalue weighted by Gasteiger charge is -2.34. The standard InChI is InChI=1S/C19H24N2O4/c1-24-14-6-2-5-13(11-14)19(23)21-12-16(20-9-3-8-17(20)22)18-15(21)7-4-10-25-18/h2,5-6,11,15-16,18H,3-4,7-10,12H2,1H3/t15-,16-,18+/m1/s1. The topological polar surface area (TPSA) is 59.1 Å². The van der Waals surface area contributed by atoms with E-state index in [4.69, 9.17) is 9.47 Å². The number of carbonyl (C=O) groups excluding carboxylic acids is 2. The number of amides is 2. The van der Waals surface area contributed by atoms with Crippen LogP contribution in [-0.4, -0.2) is 66.6 Å². The van der Waals surface area contributed by atoms with Gasteiger partial charge in [0.05, 0.1) is 25.3 Å². The minimum absolute atomic E-state index is 0.00598. The molecule has 134 valence electrons. The van der Waals surface area contributed by atoms with Crippen molar-refractivity contribution < 1.29 is 19.1 Å². The molecule has 1 aromatic rings. The summed E-state index contributed by atoms with van der Waals surface area (Å²) in [6, 6.07) is 7.28. The second-order valence-corrected chi connectivity index (χ2v) is 6.99. The van der Waals surface area contributed by atoms with E-state index in [1.807, 2.05) is 28.0 Å². The van der Waals surface area contributed by atoms with Gasteiger partial charge in [0, 0.05) is 31.7 Å². The van der Waals surface area contributed by atoms with E-state index in [1.54, 1.807) is 13.2 Å². The first kappa shape index (κ1) is 16.4. The van der Waals surface area contributed by atoms with Crippen LogP contribution in [0.1, 0.15) is 36.0 Å². The molecule has 6 heteroatoms. The quantitative estimate of drug-likeness (QED) is 0.837. The Bertz CT molecular complexity index is 677. The second kappa shape index (κ2) is 6.67. The van der Waals surface area contributed by atoms with Gasteiger partial charge in [0.2, 0.25) is 5.91 Å². The Morgan fingerprint density at radius 3 is 2.92 bits per heavy atom. The van der Waals surface area contributed by atoms with Crippen LogP contribution < -0.4 is 4.74 Å². The van der Waals surface area contributed by atoms with Crippen LogP contribution in [0.15, 0.2) is 24.3 Å². The van der Waals surface area contributed by atoms with Gasteiger partial charge in [0.1, 0.15) is 5.75 Å². The SMILES string of the molecule is COc1cccc(C(=O)N2C[C@@H](N3CCCC3=O)[C@H]3OCCC[C@H]32)c1. The number of nitrogens with zero attached hydrogens (tertiary/aromatic N) is 2. The first-order valence-electron chi connectivity index (χ1n) is 9.05. The highest BCUT2D eigenvalue weighted by Crippen LogP contribution is 2.34. The Kier molecular flexibility index (Phi) is 4.37. The van der Waals surface area contributed by atoms with Gasteiger partial charge in [-0.1, -0.05) is 6.07 Å². The lowest BCUT2D eigenvalue weighted by molar-refractivity contribution is -0.132. The highest BCUT2D eigenvalue weighted by atomic mass is 16.5. The van der Waals surface area contributed by atoms with E-state index >= 15 is 0 Å². The molecule has 0 saturated carbocycles. The lowest BCUT2D eigenvalue weighted by atomic mass is 10.00. The van der Waals surface area contributed by atoms with Gasteiger partial charge in [-0.05, 0) is 37.5 Å². The predicted octanol–water partition coefficient (Wildman–Crippen LogP) is 1.69. The summed E-state index contributed by atoms with van der Waals surface area (Å²) in [4.78, 5) is 29.2. The van der Waals surface area contributed by atoms with Crippen molar-refractivity contribution in [2.75, 3.05) is 26.8 Å². The maximum absolute atomic E-state index is 13.1. The molecule has 3 aliphatic rings. The van der Waals surface area contributed by atoms with E-state index in [9.17, 15) is 9.59 Å². The van der Waals surface area contributed by atoms with E-state index in [1.165, 1.54) is 0 Å². The number of hydrogen-bond acceptors (Lipinski definition) is 4. The van der Waals surface area contributed by atoms with Crippen LogP contribution in [0.5, 0.6) is 5.75 Å². The number of rotatable bonds is 3. The fraction of sp³-hybridized carbons (Fsp3) is 0.579. The number of carbonyl (C=O) groups is 2. The monoisotopic (exact) mass is 344 g/mol. The molecule has 3 saturated heterocycles. The minimum atomic E-state index is -0.0645. The number of likely N-dealkylation sites (tertiary alicyclic amines) is 2. The normalized spacial score (nSPS) is 29.0. The van der Waals surface area contributed by atoms with Gasteiger partial charge in [-0.25, -0.2) is 0 Å². The van der Waals surface area contributed by atoms with Crippen molar-refractivity contribution in [2.24, 2.45) is 0 Å². The molecule has 2 amide bonds. The van der Waals surface area contributed by atoms with Crippen LogP contribution >= 0.6 is 0 Å². The van der Waals surface area contributed by atoms with Crippen molar-refractivity contribution in [2.45, 2.75) is 43.9 Å². The third-order valence-corrected chi connectivity index (χ3v) is 5.58. The summed E-state index contributed by atoms with van der Waals surface area (Å²) in [6.45, 7) is 2.04. The van der Waals surface area contributed by atoms with E-state index in [2.05, 4.69) is 0 Å². The summed E-state index contributed by atoms with van der Waals surface area (Å²) in [5.74, 6) is 0.856. The van der Waals surface area contributed by atoms with E-state index in [0.29, 0.717) is 30.9 Å². The zero-order chi connectivity index (χ0) is 17.4. The van der Waals surface area contributed by atoms with Crippen molar-refractivity contribution in [1.82, 2.24) is 9.80 Å². The molecular weight excluding hydrogens is 320 g/mol. The Labute approximate surface area is 147 Å². The molecule has 0 N–H and O–H groups in total. The molecule has 0 aliphatic carbocycles. The third kappa shape index (κ3) is 2.88. The van der Waals surface area contributed by atoms with Gasteiger partial charge >= 0.3 is 0 Å². The Morgan fingerprint density at radius 2 is 2.16 bits per heavy atom. The molecule has 1 aromatic carbocycles. The molecule has 0 bridgehead atoms. The molecule has 3 aliphatic heterocycles. The number of methoxy groups -OCH3 is 1. The predicted molar refractivity (Wildman–Crippen MR) is 91.5 cm³/mol. The van der Waals surface area contributed by atoms with E-state index < -0.39 is 0 Å². The summed E-state index contributed by atoms with van der Waals surface area (Å²) < 4.78 is 11.3. The summed E-state index contributed by atoms with van der Waals surface area (Å²) in [5.41, 5.74) is 0.622. The molecule has 0 radical (unpaired) electrons. The van der Waals surface area contributed by atoms with Crippen LogP contribution in [0.3, 0.4) is 0 Å². The maximum atomic E-state index is 13.1. The van der Waals surface area contributed by atoms with Gasteiger partial charge < -0.3 is 19.3 Å². The van der Waals surface area contributed by atoms with E-state index in [-0.39, 0.29) is 30.0 Å². The summed E-state index contributed by atoms with van der Waals surface area (Å²) in [5, 5.41) is 0. The fourth-order valence-corrected chi connectivity index (χ4v) is 4.38. The molecular formula is C19H24N2O4. The molecule has 0 unspecified atom stereocenters. The molecule has 25 heavy (non-hydrogen) atoms. The van der Waals surface area contributed by atoms with Crippen LogP contribution in [0.25, 0.3) is 0 Å². The van der Waals surface area contributed by atoms with Crippen molar-refractivity contribution in [3.63, 3.8) is 0 Å². The highest BCUT2D eigenvalue weighted by molar-refractivity contribution is 5.95. The summed E-state index contributed by atoms with van der Waals surface area (Å²) in [6.07, 6.45) is 3.32. The number of hydrogen-bond donors (Lipinski definition) is 0. The van der Waals surface area contributed by atoms with Crippen LogP contribution in [-0.2, 0) is 9.53 Å². The van der Waals surface area contributed by atoms with Crippen molar-refractivity contribution in [1.29, 1.82) is 0 Å². The smallest absolute Gasteiger partial charge is 0.254 e. The van der Waals surface area contributed by atoms with Gasteiger partial charge in [-0.15, -0.1) is 0 Å². The minimum Gasteiger partial charge on any atom is -0.497 e. The van der Waals surface area contributed by atoms with Gasteiger partial charge in [-0.3, -0.25) is 9.59 Å². The van der Waals surface area contributed by atoms with Crippen molar-refractivity contribution in [3.8, 4) is 5.75 Å². The largest absolute Gasteiger partial charge is 0.497 e. The summed E-state index contributed by atoms with van der Waals surface area (Å²) >= 11 is 0. The van der Waals surface area contributed by atoms with Crippen LogP contribution in [0, 0.1) is 0 Å². The lowest BCUT2D eigenvalue weighted by Crippen LogP contribution is -2.48. The Balaban J connectivity index is 1.60. The third-order valence-electron chi connectivity index (χ3n) is 5.58. The van der Waals surface area contributed by atoms with Gasteiger partial charge in [0.25, 0.3) is 5.91 Å². The van der Waals surface area contributed by atoms with Gasteiger partial charge in [-0.2, -0.15) is 0 Å². The van der Waals surface area contributed by atoms with Gasteiger partial charge in [0.15, 0.2) is 0 Å². The van der Waals surface area contributed by atoms with Crippen molar-refractivity contribution in [3.05, 3.63) is 29.8 Å². The molecule has 0 spiro atoms. The average Bonchev–Trinajstić information content (AvgIpc) is 3.24. The maximum Gasteiger partial charge on any atom is 0.254 e. The molecule has 3 atom stereocenters. The summed E-state index contributed by atoms with van der Waals surface area (Å²) in [7, 11) is 1.60. The average molecular weight is 344 g/mol. The number of benzene rings is 1. The van der Waals surface area contributed by atoms with E-state index in [0.717, 1.165) is 25.8 Å². The molecule has 3 fully saturated rings. The fourth-order valence-electron chi connectivity index (χ4n) is 4.38. The molecule has 0 aromatic heterocycles. The second-order valence-electron chi connectivity index (χ2n) is 6.99. The Morgan fingerprint density at radius 1 is 1.28 bits per heavy atom. The van der Waals surface area contributed by atoms with Crippen LogP contribution in [0.4, 0.5) is 0 Å². The first-order chi connectivity index (χ1) is 12.2. The zero-order valence-electron chi connectivity index (χ0n) is 14.5. The number of fused-ring (bicyclic) bond motifs is 1. The molecule has 4 rings (SSSR count). The molecule has 3 heterocycles. The van der Waals surface area contributed by atoms with Crippen LogP contribution in [0.2, 0.25) is 0 Å². The zero-order valence-corrected chi connectivity index (χ0v) is 14.5. The Hall–Kier alpha value is -2.08.